The number of hydrogen-bond acceptors (Lipinski definition) is 6. The molecule has 0 heterocycles. The molecular formula is C21H20FN5O. The molecular weight excluding hydrogens is 357 g/mol. The molecule has 3 rings (SSSR count). The summed E-state index contributed by atoms with van der Waals surface area (Å²) in [5.74, 6) is -0.305. The highest BCUT2D eigenvalue weighted by Crippen LogP contribution is 2.27. The number of hydrogen-bond donors (Lipinski definition) is 2. The van der Waals surface area contributed by atoms with Crippen molar-refractivity contribution in [3.8, 4) is 0 Å². The van der Waals surface area contributed by atoms with Crippen LogP contribution in [0.4, 0.5) is 32.8 Å². The molecule has 0 aliphatic heterocycles. The smallest absolute Gasteiger partial charge is 0.123 e. The van der Waals surface area contributed by atoms with Crippen molar-refractivity contribution in [3.05, 3.63) is 78.1 Å². The molecule has 7 heteroatoms. The maximum absolute atomic E-state index is 12.9. The zero-order valence-corrected chi connectivity index (χ0v) is 15.4. The second-order valence-corrected chi connectivity index (χ2v) is 6.04. The molecule has 6 nitrogen and oxygen atoms in total. The Morgan fingerprint density at radius 1 is 0.786 bits per heavy atom. The molecule has 3 aromatic rings. The third-order valence-electron chi connectivity index (χ3n) is 3.87. The first-order chi connectivity index (χ1) is 13.6. The standard InChI is InChI=1S/C21H20FN5O/c1-15-14-20(26-24-19-8-6-17(7-9-19)23-12-13-28)10-11-21(15)27-25-18-4-2-16(22)3-5-18/h2-11,14,23,28H,12-13H2,1H3. The molecule has 0 radical (unpaired) electrons. The lowest BCUT2D eigenvalue weighted by Gasteiger charge is -2.03. The fourth-order valence-electron chi connectivity index (χ4n) is 2.40. The van der Waals surface area contributed by atoms with Gasteiger partial charge in [0, 0.05) is 12.2 Å². The van der Waals surface area contributed by atoms with Gasteiger partial charge in [-0.2, -0.15) is 20.5 Å². The van der Waals surface area contributed by atoms with Gasteiger partial charge in [-0.05, 0) is 79.2 Å². The van der Waals surface area contributed by atoms with Crippen molar-refractivity contribution in [2.24, 2.45) is 20.5 Å². The molecule has 142 valence electrons. The average molecular weight is 377 g/mol. The Bertz CT molecular complexity index is 969. The van der Waals surface area contributed by atoms with Gasteiger partial charge in [0.15, 0.2) is 0 Å². The van der Waals surface area contributed by atoms with Crippen molar-refractivity contribution in [3.63, 3.8) is 0 Å². The van der Waals surface area contributed by atoms with Gasteiger partial charge in [0.05, 0.1) is 29.4 Å². The van der Waals surface area contributed by atoms with E-state index < -0.39 is 0 Å². The zero-order chi connectivity index (χ0) is 19.8. The van der Waals surface area contributed by atoms with E-state index in [1.165, 1.54) is 12.1 Å². The number of aliphatic hydroxyl groups excluding tert-OH is 1. The predicted octanol–water partition coefficient (Wildman–Crippen LogP) is 6.37. The van der Waals surface area contributed by atoms with Gasteiger partial charge in [0.1, 0.15) is 5.82 Å². The minimum absolute atomic E-state index is 0.0836. The Morgan fingerprint density at radius 2 is 1.36 bits per heavy atom. The van der Waals surface area contributed by atoms with E-state index >= 15 is 0 Å². The first-order valence-corrected chi connectivity index (χ1v) is 8.78. The van der Waals surface area contributed by atoms with E-state index in [2.05, 4.69) is 25.8 Å². The molecule has 0 atom stereocenters. The average Bonchev–Trinajstić information content (AvgIpc) is 2.72. The number of benzene rings is 3. The summed E-state index contributed by atoms with van der Waals surface area (Å²) in [5.41, 5.74) is 4.56. The molecule has 0 bridgehead atoms. The molecule has 0 aliphatic carbocycles. The van der Waals surface area contributed by atoms with Gasteiger partial charge >= 0.3 is 0 Å². The van der Waals surface area contributed by atoms with Gasteiger partial charge in [0.2, 0.25) is 0 Å². The summed E-state index contributed by atoms with van der Waals surface area (Å²) in [6.45, 7) is 2.50. The maximum atomic E-state index is 12.9. The highest BCUT2D eigenvalue weighted by atomic mass is 19.1. The van der Waals surface area contributed by atoms with Gasteiger partial charge in [-0.15, -0.1) is 0 Å². The van der Waals surface area contributed by atoms with Gasteiger partial charge in [-0.1, -0.05) is 0 Å². The summed E-state index contributed by atoms with van der Waals surface area (Å²) in [5, 5.41) is 28.7. The van der Waals surface area contributed by atoms with Gasteiger partial charge in [0.25, 0.3) is 0 Å². The summed E-state index contributed by atoms with van der Waals surface area (Å²) in [4.78, 5) is 0. The van der Waals surface area contributed by atoms with E-state index in [1.807, 2.05) is 49.4 Å². The van der Waals surface area contributed by atoms with Crippen molar-refractivity contribution in [2.75, 3.05) is 18.5 Å². The molecule has 0 aromatic heterocycles. The Balaban J connectivity index is 1.66. The Hall–Kier alpha value is -3.45. The quantitative estimate of drug-likeness (QED) is 0.469. The first kappa shape index (κ1) is 19.3. The number of azo groups is 2. The van der Waals surface area contributed by atoms with E-state index in [9.17, 15) is 4.39 Å². The topological polar surface area (TPSA) is 81.7 Å². The SMILES string of the molecule is Cc1cc(N=Nc2ccc(NCCO)cc2)ccc1N=Nc1ccc(F)cc1. The molecule has 0 saturated carbocycles. The third kappa shape index (κ3) is 5.52. The van der Waals surface area contributed by atoms with Crippen molar-refractivity contribution in [2.45, 2.75) is 6.92 Å². The summed E-state index contributed by atoms with van der Waals surface area (Å²) in [6.07, 6.45) is 0. The van der Waals surface area contributed by atoms with Crippen LogP contribution in [0.3, 0.4) is 0 Å². The second-order valence-electron chi connectivity index (χ2n) is 6.04. The molecule has 0 unspecified atom stereocenters. The van der Waals surface area contributed by atoms with Crippen molar-refractivity contribution in [1.29, 1.82) is 0 Å². The van der Waals surface area contributed by atoms with Crippen molar-refractivity contribution in [1.82, 2.24) is 0 Å². The Labute approximate surface area is 162 Å². The minimum Gasteiger partial charge on any atom is -0.395 e. The zero-order valence-electron chi connectivity index (χ0n) is 15.4. The monoisotopic (exact) mass is 377 g/mol. The van der Waals surface area contributed by atoms with Gasteiger partial charge < -0.3 is 10.4 Å². The number of anilines is 1. The molecule has 28 heavy (non-hydrogen) atoms. The molecule has 0 aliphatic rings. The van der Waals surface area contributed by atoms with Crippen molar-refractivity contribution >= 4 is 28.4 Å². The van der Waals surface area contributed by atoms with Crippen LogP contribution in [0.5, 0.6) is 0 Å². The lowest BCUT2D eigenvalue weighted by atomic mass is 10.2. The van der Waals surface area contributed by atoms with Crippen LogP contribution < -0.4 is 5.32 Å². The molecule has 0 spiro atoms. The van der Waals surface area contributed by atoms with Crippen LogP contribution in [0.25, 0.3) is 0 Å². The molecule has 0 fully saturated rings. The highest BCUT2D eigenvalue weighted by molar-refractivity contribution is 5.54. The highest BCUT2D eigenvalue weighted by Gasteiger charge is 2.00. The largest absolute Gasteiger partial charge is 0.395 e. The van der Waals surface area contributed by atoms with E-state index in [4.69, 9.17) is 5.11 Å². The Morgan fingerprint density at radius 3 is 2.00 bits per heavy atom. The summed E-state index contributed by atoms with van der Waals surface area (Å²) >= 11 is 0. The van der Waals surface area contributed by atoms with Gasteiger partial charge in [-0.3, -0.25) is 0 Å². The molecule has 3 aromatic carbocycles. The first-order valence-electron chi connectivity index (χ1n) is 8.78. The fraction of sp³-hybridized carbons (Fsp3) is 0.143. The van der Waals surface area contributed by atoms with Crippen LogP contribution in [-0.4, -0.2) is 18.3 Å². The molecule has 2 N–H and O–H groups in total. The number of nitrogens with one attached hydrogen (secondary N) is 1. The number of rotatable bonds is 7. The molecule has 0 amide bonds. The van der Waals surface area contributed by atoms with E-state index in [0.717, 1.165) is 16.9 Å². The number of aliphatic hydroxyl groups is 1. The van der Waals surface area contributed by atoms with Crippen LogP contribution in [0.2, 0.25) is 0 Å². The summed E-state index contributed by atoms with van der Waals surface area (Å²) in [7, 11) is 0. The van der Waals surface area contributed by atoms with Gasteiger partial charge in [-0.25, -0.2) is 4.39 Å². The number of nitrogens with zero attached hydrogens (tertiary/aromatic N) is 4. The molecule has 0 saturated heterocycles. The van der Waals surface area contributed by atoms with E-state index in [1.54, 1.807) is 12.1 Å². The van der Waals surface area contributed by atoms with E-state index in [0.29, 0.717) is 23.6 Å². The minimum atomic E-state index is -0.305. The second kappa shape index (κ2) is 9.48. The maximum Gasteiger partial charge on any atom is 0.123 e. The lowest BCUT2D eigenvalue weighted by Crippen LogP contribution is -2.04. The number of halogens is 1. The fourth-order valence-corrected chi connectivity index (χ4v) is 2.40. The van der Waals surface area contributed by atoms with E-state index in [-0.39, 0.29) is 12.4 Å². The van der Waals surface area contributed by atoms with Crippen LogP contribution in [0.15, 0.2) is 87.2 Å². The normalized spacial score (nSPS) is 11.4. The predicted molar refractivity (Wildman–Crippen MR) is 108 cm³/mol. The summed E-state index contributed by atoms with van der Waals surface area (Å²) < 4.78 is 12.9. The van der Waals surface area contributed by atoms with Crippen LogP contribution >= 0.6 is 0 Å². The van der Waals surface area contributed by atoms with Crippen molar-refractivity contribution < 1.29 is 9.50 Å². The van der Waals surface area contributed by atoms with Crippen LogP contribution in [0, 0.1) is 12.7 Å². The Kier molecular flexibility index (Phi) is 6.54. The van der Waals surface area contributed by atoms with Crippen LogP contribution in [-0.2, 0) is 0 Å². The summed E-state index contributed by atoms with van der Waals surface area (Å²) in [6, 6.07) is 18.8. The lowest BCUT2D eigenvalue weighted by molar-refractivity contribution is 0.311. The third-order valence-corrected chi connectivity index (χ3v) is 3.87. The number of aryl methyl sites for hydroxylation is 1. The van der Waals surface area contributed by atoms with Crippen LogP contribution in [0.1, 0.15) is 5.56 Å².